The van der Waals surface area contributed by atoms with Gasteiger partial charge in [-0.15, -0.1) is 0 Å². The summed E-state index contributed by atoms with van der Waals surface area (Å²) in [6.07, 6.45) is 5.42. The molecule has 0 spiro atoms. The number of thiol groups is 1. The average Bonchev–Trinajstić information content (AvgIpc) is 2.88. The quantitative estimate of drug-likeness (QED) is 0.799. The molecule has 1 aromatic carbocycles. The molecule has 0 unspecified atom stereocenters. The van der Waals surface area contributed by atoms with Gasteiger partial charge in [-0.3, -0.25) is 0 Å². The van der Waals surface area contributed by atoms with Crippen molar-refractivity contribution in [3.05, 3.63) is 29.8 Å². The van der Waals surface area contributed by atoms with Crippen molar-refractivity contribution >= 4 is 12.6 Å². The first-order valence-corrected chi connectivity index (χ1v) is 7.73. The first-order chi connectivity index (χ1) is 9.17. The van der Waals surface area contributed by atoms with Gasteiger partial charge in [-0.25, -0.2) is 0 Å². The molecule has 106 valence electrons. The van der Waals surface area contributed by atoms with E-state index >= 15 is 0 Å². The lowest BCUT2D eigenvalue weighted by Gasteiger charge is -2.32. The molecule has 2 rings (SSSR count). The summed E-state index contributed by atoms with van der Waals surface area (Å²) in [5.41, 5.74) is 1.79. The van der Waals surface area contributed by atoms with E-state index in [0.29, 0.717) is 5.41 Å². The summed E-state index contributed by atoms with van der Waals surface area (Å²) >= 11 is 4.59. The van der Waals surface area contributed by atoms with Gasteiger partial charge in [0.15, 0.2) is 0 Å². The van der Waals surface area contributed by atoms with Gasteiger partial charge in [0.25, 0.3) is 0 Å². The van der Waals surface area contributed by atoms with Crippen LogP contribution in [0.5, 0.6) is 5.75 Å². The summed E-state index contributed by atoms with van der Waals surface area (Å²) < 4.78 is 5.19. The molecule has 0 atom stereocenters. The number of benzene rings is 1. The molecule has 0 amide bonds. The number of hydrogen-bond acceptors (Lipinski definition) is 3. The van der Waals surface area contributed by atoms with Crippen molar-refractivity contribution in [3.8, 4) is 5.75 Å². The van der Waals surface area contributed by atoms with Crippen LogP contribution in [0.4, 0.5) is 0 Å². The summed E-state index contributed by atoms with van der Waals surface area (Å²) in [5.74, 6) is 1.94. The Hall–Kier alpha value is -0.670. The summed E-state index contributed by atoms with van der Waals surface area (Å²) in [6.45, 7) is 2.15. The van der Waals surface area contributed by atoms with Crippen LogP contribution in [-0.2, 0) is 6.54 Å². The molecule has 0 aromatic heterocycles. The molecular formula is C16H25NOS. The zero-order chi connectivity index (χ0) is 13.7. The van der Waals surface area contributed by atoms with E-state index in [4.69, 9.17) is 4.74 Å². The van der Waals surface area contributed by atoms with Gasteiger partial charge in [-0.2, -0.15) is 12.6 Å². The number of ether oxygens (including phenoxy) is 1. The van der Waals surface area contributed by atoms with Crippen molar-refractivity contribution in [3.63, 3.8) is 0 Å². The Balaban J connectivity index is 1.90. The Bertz CT molecular complexity index is 384. The highest BCUT2D eigenvalue weighted by atomic mass is 32.1. The molecule has 0 heterocycles. The Kier molecular flexibility index (Phi) is 5.17. The van der Waals surface area contributed by atoms with E-state index in [1.165, 1.54) is 31.2 Å². The van der Waals surface area contributed by atoms with Gasteiger partial charge < -0.3 is 9.64 Å². The third-order valence-corrected chi connectivity index (χ3v) is 4.89. The van der Waals surface area contributed by atoms with Gasteiger partial charge in [0.1, 0.15) is 5.75 Å². The smallest absolute Gasteiger partial charge is 0.118 e. The minimum atomic E-state index is 0.449. The Morgan fingerprint density at radius 2 is 1.84 bits per heavy atom. The van der Waals surface area contributed by atoms with E-state index in [-0.39, 0.29) is 0 Å². The maximum atomic E-state index is 5.19. The van der Waals surface area contributed by atoms with Crippen LogP contribution in [-0.4, -0.2) is 31.4 Å². The molecule has 1 aromatic rings. The van der Waals surface area contributed by atoms with Crippen LogP contribution in [0.25, 0.3) is 0 Å². The molecule has 1 aliphatic rings. The molecule has 0 bridgehead atoms. The summed E-state index contributed by atoms with van der Waals surface area (Å²) in [4.78, 5) is 2.43. The second-order valence-electron chi connectivity index (χ2n) is 5.89. The van der Waals surface area contributed by atoms with Crippen LogP contribution < -0.4 is 4.74 Å². The average molecular weight is 279 g/mol. The zero-order valence-electron chi connectivity index (χ0n) is 12.1. The molecule has 1 aliphatic carbocycles. The molecule has 1 saturated carbocycles. The summed E-state index contributed by atoms with van der Waals surface area (Å²) in [7, 11) is 3.92. The normalized spacial score (nSPS) is 17.9. The van der Waals surface area contributed by atoms with Gasteiger partial charge in [0, 0.05) is 13.1 Å². The lowest BCUT2D eigenvalue weighted by atomic mass is 9.88. The minimum Gasteiger partial charge on any atom is -0.497 e. The Morgan fingerprint density at radius 1 is 1.21 bits per heavy atom. The standard InChI is InChI=1S/C16H25NOS/c1-17(12-16(13-19)9-3-4-10-16)11-14-5-7-15(18-2)8-6-14/h5-8,19H,3-4,9-13H2,1-2H3. The number of rotatable bonds is 6. The largest absolute Gasteiger partial charge is 0.497 e. The van der Waals surface area contributed by atoms with Crippen molar-refractivity contribution in [2.45, 2.75) is 32.2 Å². The molecule has 0 radical (unpaired) electrons. The van der Waals surface area contributed by atoms with Crippen LogP contribution >= 0.6 is 12.6 Å². The molecule has 0 N–H and O–H groups in total. The van der Waals surface area contributed by atoms with Crippen molar-refractivity contribution in [1.29, 1.82) is 0 Å². The van der Waals surface area contributed by atoms with Crippen molar-refractivity contribution in [2.24, 2.45) is 5.41 Å². The molecule has 0 aliphatic heterocycles. The molecule has 19 heavy (non-hydrogen) atoms. The third-order valence-electron chi connectivity index (χ3n) is 4.22. The van der Waals surface area contributed by atoms with Crippen molar-refractivity contribution in [2.75, 3.05) is 26.5 Å². The highest BCUT2D eigenvalue weighted by Gasteiger charge is 2.33. The second kappa shape index (κ2) is 6.67. The van der Waals surface area contributed by atoms with Crippen LogP contribution in [0, 0.1) is 5.41 Å². The van der Waals surface area contributed by atoms with E-state index < -0.39 is 0 Å². The van der Waals surface area contributed by atoms with Gasteiger partial charge in [-0.05, 0) is 48.8 Å². The zero-order valence-corrected chi connectivity index (χ0v) is 13.0. The molecule has 3 heteroatoms. The van der Waals surface area contributed by atoms with Crippen LogP contribution in [0.1, 0.15) is 31.2 Å². The molecule has 0 saturated heterocycles. The number of nitrogens with zero attached hydrogens (tertiary/aromatic N) is 1. The first kappa shape index (κ1) is 14.7. The SMILES string of the molecule is COc1ccc(CN(C)CC2(CS)CCCC2)cc1. The van der Waals surface area contributed by atoms with Gasteiger partial charge >= 0.3 is 0 Å². The van der Waals surface area contributed by atoms with E-state index in [0.717, 1.165) is 24.6 Å². The lowest BCUT2D eigenvalue weighted by Crippen LogP contribution is -2.34. The molecule has 2 nitrogen and oxygen atoms in total. The fraction of sp³-hybridized carbons (Fsp3) is 0.625. The van der Waals surface area contributed by atoms with Crippen molar-refractivity contribution < 1.29 is 4.74 Å². The molecule has 1 fully saturated rings. The fourth-order valence-electron chi connectivity index (χ4n) is 3.16. The number of hydrogen-bond donors (Lipinski definition) is 1. The highest BCUT2D eigenvalue weighted by Crippen LogP contribution is 2.39. The van der Waals surface area contributed by atoms with Gasteiger partial charge in [0.2, 0.25) is 0 Å². The predicted octanol–water partition coefficient (Wildman–Crippen LogP) is 3.62. The van der Waals surface area contributed by atoms with E-state index in [2.05, 4.69) is 36.7 Å². The highest BCUT2D eigenvalue weighted by molar-refractivity contribution is 7.80. The monoisotopic (exact) mass is 279 g/mol. The van der Waals surface area contributed by atoms with Gasteiger partial charge in [0.05, 0.1) is 7.11 Å². The number of methoxy groups -OCH3 is 1. The van der Waals surface area contributed by atoms with E-state index in [1.807, 2.05) is 12.1 Å². The maximum Gasteiger partial charge on any atom is 0.118 e. The van der Waals surface area contributed by atoms with E-state index in [1.54, 1.807) is 7.11 Å². The van der Waals surface area contributed by atoms with Crippen LogP contribution in [0.3, 0.4) is 0 Å². The maximum absolute atomic E-state index is 5.19. The first-order valence-electron chi connectivity index (χ1n) is 7.10. The van der Waals surface area contributed by atoms with Crippen LogP contribution in [0.15, 0.2) is 24.3 Å². The van der Waals surface area contributed by atoms with Crippen molar-refractivity contribution in [1.82, 2.24) is 4.90 Å². The summed E-state index contributed by atoms with van der Waals surface area (Å²) in [5, 5.41) is 0. The Labute approximate surface area is 122 Å². The van der Waals surface area contributed by atoms with Gasteiger partial charge in [-0.1, -0.05) is 25.0 Å². The van der Waals surface area contributed by atoms with E-state index in [9.17, 15) is 0 Å². The second-order valence-corrected chi connectivity index (χ2v) is 6.20. The fourth-order valence-corrected chi connectivity index (χ4v) is 3.58. The Morgan fingerprint density at radius 3 is 2.37 bits per heavy atom. The third kappa shape index (κ3) is 3.90. The topological polar surface area (TPSA) is 12.5 Å². The predicted molar refractivity (Wildman–Crippen MR) is 84.1 cm³/mol. The minimum absolute atomic E-state index is 0.449. The van der Waals surface area contributed by atoms with Crippen LogP contribution in [0.2, 0.25) is 0 Å². The summed E-state index contributed by atoms with van der Waals surface area (Å²) in [6, 6.07) is 8.37. The molecular weight excluding hydrogens is 254 g/mol. The lowest BCUT2D eigenvalue weighted by molar-refractivity contribution is 0.196.